The van der Waals surface area contributed by atoms with Crippen molar-refractivity contribution in [1.29, 1.82) is 0 Å². The smallest absolute Gasteiger partial charge is 0.196 e. The Labute approximate surface area is 128 Å². The number of alkyl halides is 1. The van der Waals surface area contributed by atoms with Crippen molar-refractivity contribution in [2.75, 3.05) is 6.26 Å². The molecule has 0 radical (unpaired) electrons. The van der Waals surface area contributed by atoms with Crippen LogP contribution in [0.4, 0.5) is 0 Å². The van der Waals surface area contributed by atoms with Gasteiger partial charge in [-0.05, 0) is 45.6 Å². The fourth-order valence-electron chi connectivity index (χ4n) is 3.04. The second kappa shape index (κ2) is 4.98. The van der Waals surface area contributed by atoms with Gasteiger partial charge in [0.1, 0.15) is 11.5 Å². The molecule has 0 bridgehead atoms. The molecular formula is C14H21ClN2O2S. The first-order chi connectivity index (χ1) is 9.09. The van der Waals surface area contributed by atoms with E-state index in [1.54, 1.807) is 12.1 Å². The molecule has 4 nitrogen and oxygen atoms in total. The molecule has 20 heavy (non-hydrogen) atoms. The number of halogens is 1. The van der Waals surface area contributed by atoms with Gasteiger partial charge in [-0.1, -0.05) is 11.6 Å². The van der Waals surface area contributed by atoms with Crippen molar-refractivity contribution in [3.05, 3.63) is 23.8 Å². The van der Waals surface area contributed by atoms with Gasteiger partial charge in [0, 0.05) is 22.7 Å². The summed E-state index contributed by atoms with van der Waals surface area (Å²) < 4.78 is -0.805. The van der Waals surface area contributed by atoms with E-state index >= 15 is 0 Å². The number of hydrogen-bond donors (Lipinski definition) is 4. The largest absolute Gasteiger partial charge is 0.508 e. The van der Waals surface area contributed by atoms with E-state index in [0.29, 0.717) is 0 Å². The molecular weight excluding hydrogens is 296 g/mol. The number of benzene rings is 1. The Morgan fingerprint density at radius 1 is 1.20 bits per heavy atom. The molecule has 1 saturated heterocycles. The lowest BCUT2D eigenvalue weighted by molar-refractivity contribution is 0.137. The third kappa shape index (κ3) is 3.01. The molecule has 2 rings (SSSR count). The van der Waals surface area contributed by atoms with Gasteiger partial charge in [0.2, 0.25) is 0 Å². The average Bonchev–Trinajstić information content (AvgIpc) is 2.25. The van der Waals surface area contributed by atoms with Gasteiger partial charge in [-0.15, -0.1) is 11.8 Å². The molecule has 6 heteroatoms. The predicted octanol–water partition coefficient (Wildman–Crippen LogP) is 2.89. The molecule has 112 valence electrons. The first kappa shape index (κ1) is 15.8. The van der Waals surface area contributed by atoms with E-state index < -0.39 is 9.99 Å². The minimum Gasteiger partial charge on any atom is -0.508 e. The van der Waals surface area contributed by atoms with Crippen molar-refractivity contribution >= 4 is 23.4 Å². The van der Waals surface area contributed by atoms with E-state index in [1.165, 1.54) is 17.8 Å². The normalized spacial score (nSPS) is 33.0. The monoisotopic (exact) mass is 316 g/mol. The Balaban J connectivity index is 2.46. The molecule has 0 amide bonds. The van der Waals surface area contributed by atoms with E-state index in [0.717, 1.165) is 12.0 Å². The maximum atomic E-state index is 10.2. The number of thioether (sulfide) groups is 1. The zero-order valence-electron chi connectivity index (χ0n) is 12.1. The SMILES string of the molecule is CSC1(Cl)NC(C)(C)CC(C)(c2ccc(O)cc2O)N1. The van der Waals surface area contributed by atoms with Gasteiger partial charge in [0.25, 0.3) is 0 Å². The minimum absolute atomic E-state index is 0.0463. The zero-order chi connectivity index (χ0) is 15.2. The van der Waals surface area contributed by atoms with Crippen LogP contribution in [0.25, 0.3) is 0 Å². The molecule has 2 atom stereocenters. The fourth-order valence-corrected chi connectivity index (χ4v) is 4.21. The van der Waals surface area contributed by atoms with Crippen LogP contribution in [0.3, 0.4) is 0 Å². The third-order valence-corrected chi connectivity index (χ3v) is 5.01. The van der Waals surface area contributed by atoms with Crippen molar-refractivity contribution in [2.45, 2.75) is 42.7 Å². The minimum atomic E-state index is -0.805. The van der Waals surface area contributed by atoms with Crippen LogP contribution in [0.2, 0.25) is 0 Å². The summed E-state index contributed by atoms with van der Waals surface area (Å²) in [4.78, 5) is 0. The van der Waals surface area contributed by atoms with Crippen LogP contribution < -0.4 is 10.6 Å². The summed E-state index contributed by atoms with van der Waals surface area (Å²) in [6.07, 6.45) is 2.67. The number of nitrogens with one attached hydrogen (secondary N) is 2. The van der Waals surface area contributed by atoms with E-state index in [4.69, 9.17) is 11.6 Å². The molecule has 1 aromatic carbocycles. The summed E-state index contributed by atoms with van der Waals surface area (Å²) in [7, 11) is 0. The first-order valence-corrected chi connectivity index (χ1v) is 8.05. The molecule has 1 aliphatic rings. The fraction of sp³-hybridized carbons (Fsp3) is 0.571. The number of rotatable bonds is 2. The lowest BCUT2D eigenvalue weighted by Gasteiger charge is -2.52. The van der Waals surface area contributed by atoms with Gasteiger partial charge in [-0.3, -0.25) is 10.6 Å². The molecule has 1 aromatic rings. The van der Waals surface area contributed by atoms with Gasteiger partial charge >= 0.3 is 0 Å². The molecule has 4 N–H and O–H groups in total. The van der Waals surface area contributed by atoms with E-state index in [2.05, 4.69) is 24.5 Å². The standard InChI is InChI=1S/C14H21ClN2O2S/c1-12(2)8-13(3,17-14(15,16-12)20-4)10-6-5-9(18)7-11(10)19/h5-7,16-19H,8H2,1-4H3. The number of aromatic hydroxyl groups is 2. The van der Waals surface area contributed by atoms with Crippen LogP contribution in [-0.2, 0) is 5.54 Å². The Bertz CT molecular complexity index is 526. The predicted molar refractivity (Wildman–Crippen MR) is 84.2 cm³/mol. The molecule has 1 aliphatic heterocycles. The molecule has 0 aliphatic carbocycles. The van der Waals surface area contributed by atoms with Crippen molar-refractivity contribution in [1.82, 2.24) is 10.6 Å². The summed E-state index contributed by atoms with van der Waals surface area (Å²) in [5.74, 6) is 0.114. The second-order valence-corrected chi connectivity index (χ2v) is 7.96. The highest BCUT2D eigenvalue weighted by atomic mass is 35.5. The van der Waals surface area contributed by atoms with E-state index in [-0.39, 0.29) is 17.0 Å². The molecule has 2 unspecified atom stereocenters. The highest BCUT2D eigenvalue weighted by molar-refractivity contribution is 8.01. The number of phenols is 2. The lowest BCUT2D eigenvalue weighted by Crippen LogP contribution is -2.70. The van der Waals surface area contributed by atoms with Gasteiger partial charge in [-0.25, -0.2) is 0 Å². The van der Waals surface area contributed by atoms with Crippen LogP contribution in [0.1, 0.15) is 32.8 Å². The molecule has 1 fully saturated rings. The quantitative estimate of drug-likeness (QED) is 0.499. The average molecular weight is 317 g/mol. The van der Waals surface area contributed by atoms with Crippen LogP contribution in [0, 0.1) is 0 Å². The molecule has 0 saturated carbocycles. The van der Waals surface area contributed by atoms with E-state index in [1.807, 2.05) is 13.2 Å². The van der Waals surface area contributed by atoms with Crippen LogP contribution in [0.5, 0.6) is 11.5 Å². The maximum absolute atomic E-state index is 10.2. The van der Waals surface area contributed by atoms with Crippen molar-refractivity contribution < 1.29 is 10.2 Å². The van der Waals surface area contributed by atoms with Crippen LogP contribution in [-0.4, -0.2) is 26.5 Å². The van der Waals surface area contributed by atoms with Gasteiger partial charge in [-0.2, -0.15) is 0 Å². The van der Waals surface area contributed by atoms with Crippen molar-refractivity contribution in [3.63, 3.8) is 0 Å². The Kier molecular flexibility index (Phi) is 3.93. The summed E-state index contributed by atoms with van der Waals surface area (Å²) in [5, 5.41) is 26.3. The lowest BCUT2D eigenvalue weighted by atomic mass is 9.78. The number of phenolic OH excluding ortho intramolecular Hbond substituents is 2. The van der Waals surface area contributed by atoms with Crippen molar-refractivity contribution in [2.24, 2.45) is 0 Å². The Hall–Kier alpha value is -0.620. The molecule has 0 spiro atoms. The van der Waals surface area contributed by atoms with Crippen LogP contribution >= 0.6 is 23.4 Å². The summed E-state index contributed by atoms with van der Waals surface area (Å²) in [5.41, 5.74) is 0.0239. The first-order valence-electron chi connectivity index (χ1n) is 6.44. The summed E-state index contributed by atoms with van der Waals surface area (Å²) >= 11 is 8.04. The second-order valence-electron chi connectivity index (χ2n) is 6.14. The van der Waals surface area contributed by atoms with Gasteiger partial charge in [0.05, 0.1) is 0 Å². The van der Waals surface area contributed by atoms with Gasteiger partial charge < -0.3 is 10.2 Å². The summed E-state index contributed by atoms with van der Waals surface area (Å²) in [6.45, 7) is 6.17. The molecule has 0 aromatic heterocycles. The molecule has 1 heterocycles. The summed E-state index contributed by atoms with van der Waals surface area (Å²) in [6, 6.07) is 4.66. The highest BCUT2D eigenvalue weighted by Gasteiger charge is 2.48. The van der Waals surface area contributed by atoms with Crippen molar-refractivity contribution in [3.8, 4) is 11.5 Å². The third-order valence-electron chi connectivity index (χ3n) is 3.59. The Morgan fingerprint density at radius 3 is 2.40 bits per heavy atom. The van der Waals surface area contributed by atoms with Gasteiger partial charge in [0.15, 0.2) is 4.45 Å². The highest BCUT2D eigenvalue weighted by Crippen LogP contribution is 2.44. The zero-order valence-corrected chi connectivity index (χ0v) is 13.7. The van der Waals surface area contributed by atoms with Crippen LogP contribution in [0.15, 0.2) is 18.2 Å². The topological polar surface area (TPSA) is 64.5 Å². The number of hydrogen-bond acceptors (Lipinski definition) is 5. The maximum Gasteiger partial charge on any atom is 0.196 e. The Morgan fingerprint density at radius 2 is 1.85 bits per heavy atom. The van der Waals surface area contributed by atoms with E-state index in [9.17, 15) is 10.2 Å².